The number of ketones is 2. The Bertz CT molecular complexity index is 1140. The van der Waals surface area contributed by atoms with Crippen LogP contribution >= 0.6 is 0 Å². The van der Waals surface area contributed by atoms with Crippen LogP contribution in [0.4, 0.5) is 0 Å². The number of benzene rings is 1. The number of likely N-dealkylation sites (N-methyl/N-ethyl adjacent to an activating group) is 1. The number of allylic oxidation sites excluding steroid dienone is 1. The second-order valence-electron chi connectivity index (χ2n) is 8.77. The van der Waals surface area contributed by atoms with Crippen LogP contribution in [0.2, 0.25) is 0 Å². The van der Waals surface area contributed by atoms with Gasteiger partial charge in [-0.1, -0.05) is 12.1 Å². The molecule has 0 bridgehead atoms. The van der Waals surface area contributed by atoms with Crippen molar-refractivity contribution in [3.63, 3.8) is 0 Å². The third-order valence-electron chi connectivity index (χ3n) is 6.90. The van der Waals surface area contributed by atoms with Gasteiger partial charge in [-0.2, -0.15) is 0 Å². The van der Waals surface area contributed by atoms with Crippen molar-refractivity contribution in [1.82, 2.24) is 4.90 Å². The fourth-order valence-corrected chi connectivity index (χ4v) is 5.43. The molecule has 32 heavy (non-hydrogen) atoms. The number of Topliss-reactive ketones (excluding diaryl/α,β-unsaturated/α-hetero) is 2. The lowest BCUT2D eigenvalue weighted by Crippen LogP contribution is -2.63. The van der Waals surface area contributed by atoms with Crippen LogP contribution < -0.4 is 11.5 Å². The maximum Gasteiger partial charge on any atom is 0.255 e. The van der Waals surface area contributed by atoms with Crippen LogP contribution in [0.3, 0.4) is 0 Å². The first kappa shape index (κ1) is 22.0. The van der Waals surface area contributed by atoms with E-state index in [4.69, 9.17) is 11.5 Å². The Labute approximate surface area is 183 Å². The lowest BCUT2D eigenvalue weighted by Gasteiger charge is -2.50. The Morgan fingerprint density at radius 1 is 1.22 bits per heavy atom. The molecule has 8 N–H and O–H groups in total. The van der Waals surface area contributed by atoms with Crippen molar-refractivity contribution >= 4 is 17.5 Å². The molecule has 1 amide bonds. The van der Waals surface area contributed by atoms with Crippen LogP contribution in [0, 0.1) is 11.8 Å². The van der Waals surface area contributed by atoms with Crippen molar-refractivity contribution in [2.45, 2.75) is 31.0 Å². The fourth-order valence-electron chi connectivity index (χ4n) is 5.43. The number of amides is 1. The number of aliphatic hydroxyl groups excluding tert-OH is 2. The first-order valence-corrected chi connectivity index (χ1v) is 10.1. The smallest absolute Gasteiger partial charge is 0.255 e. The zero-order valence-electron chi connectivity index (χ0n) is 17.6. The minimum absolute atomic E-state index is 0.0120. The molecule has 0 unspecified atom stereocenters. The highest BCUT2D eigenvalue weighted by molar-refractivity contribution is 6.24. The van der Waals surface area contributed by atoms with Gasteiger partial charge in [-0.15, -0.1) is 0 Å². The molecule has 0 heterocycles. The molecule has 0 saturated heterocycles. The topological polar surface area (TPSA) is 187 Å². The van der Waals surface area contributed by atoms with Gasteiger partial charge in [0.2, 0.25) is 5.78 Å². The quantitative estimate of drug-likeness (QED) is 0.337. The van der Waals surface area contributed by atoms with Crippen molar-refractivity contribution < 1.29 is 34.8 Å². The standard InChI is InChI=1S/C22H25N3O7/c1-25(2)15-11-6-10-5-8-3-4-9(7-23)16(26)12(8)17(27)13(10)19(29)22(11,32)20(30)14(18(15)28)21(24)31/h3-4,10-11,15,26,28-29,32H,5-7,23H2,1-2H3,(H2,24,31)/t10-,11-,15-,22-/m0/s1. The first-order chi connectivity index (χ1) is 15.0. The molecule has 0 aromatic heterocycles. The van der Waals surface area contributed by atoms with E-state index in [-0.39, 0.29) is 36.3 Å². The van der Waals surface area contributed by atoms with Gasteiger partial charge in [-0.3, -0.25) is 19.3 Å². The monoisotopic (exact) mass is 443 g/mol. The summed E-state index contributed by atoms with van der Waals surface area (Å²) in [6.07, 6.45) is 0.318. The van der Waals surface area contributed by atoms with Gasteiger partial charge >= 0.3 is 0 Å². The van der Waals surface area contributed by atoms with Gasteiger partial charge in [-0.25, -0.2) is 0 Å². The van der Waals surface area contributed by atoms with E-state index in [1.54, 1.807) is 26.2 Å². The van der Waals surface area contributed by atoms with Crippen LogP contribution in [0.5, 0.6) is 5.75 Å². The number of carbonyl (C=O) groups is 3. The fraction of sp³-hybridized carbons (Fsp3) is 0.409. The summed E-state index contributed by atoms with van der Waals surface area (Å²) in [6.45, 7) is -0.0120. The van der Waals surface area contributed by atoms with E-state index in [1.807, 2.05) is 0 Å². The van der Waals surface area contributed by atoms with Crippen LogP contribution in [-0.2, 0) is 22.6 Å². The molecule has 0 spiro atoms. The molecule has 10 nitrogen and oxygen atoms in total. The normalized spacial score (nSPS) is 29.7. The van der Waals surface area contributed by atoms with Crippen molar-refractivity contribution in [2.75, 3.05) is 14.1 Å². The highest BCUT2D eigenvalue weighted by Gasteiger charge is 2.63. The highest BCUT2D eigenvalue weighted by atomic mass is 16.3. The summed E-state index contributed by atoms with van der Waals surface area (Å²) in [5, 5.41) is 43.8. The van der Waals surface area contributed by atoms with Gasteiger partial charge in [0.25, 0.3) is 5.91 Å². The number of rotatable bonds is 3. The Balaban J connectivity index is 1.96. The van der Waals surface area contributed by atoms with E-state index in [0.29, 0.717) is 11.1 Å². The van der Waals surface area contributed by atoms with Crippen molar-refractivity contribution in [1.29, 1.82) is 0 Å². The Morgan fingerprint density at radius 2 is 1.88 bits per heavy atom. The number of nitrogens with zero attached hydrogens (tertiary/aromatic N) is 1. The first-order valence-electron chi connectivity index (χ1n) is 10.1. The maximum absolute atomic E-state index is 13.4. The predicted octanol–water partition coefficient (Wildman–Crippen LogP) is -0.421. The molecule has 3 aliphatic carbocycles. The summed E-state index contributed by atoms with van der Waals surface area (Å²) in [5.74, 6) is -6.62. The van der Waals surface area contributed by atoms with E-state index < -0.39 is 58.0 Å². The van der Waals surface area contributed by atoms with Gasteiger partial charge in [0.15, 0.2) is 11.4 Å². The lowest BCUT2D eigenvalue weighted by molar-refractivity contribution is -0.148. The van der Waals surface area contributed by atoms with Crippen molar-refractivity contribution in [3.8, 4) is 5.75 Å². The second-order valence-corrected chi connectivity index (χ2v) is 8.77. The van der Waals surface area contributed by atoms with Gasteiger partial charge in [-0.05, 0) is 38.4 Å². The largest absolute Gasteiger partial charge is 0.510 e. The lowest BCUT2D eigenvalue weighted by atomic mass is 9.58. The summed E-state index contributed by atoms with van der Waals surface area (Å²) in [5.41, 5.74) is 8.13. The average Bonchev–Trinajstić information content (AvgIpc) is 2.70. The SMILES string of the molecule is CN(C)[C@@H]1C(O)=C(C(N)=O)C(=O)[C@@]2(O)C(O)=C3C(=O)c4c(ccc(CN)c4O)C[C@H]3C[C@@H]12. The number of hydrogen-bond donors (Lipinski definition) is 6. The molecule has 3 aliphatic rings. The molecule has 4 rings (SSSR count). The number of hydrogen-bond acceptors (Lipinski definition) is 9. The number of nitrogens with two attached hydrogens (primary N) is 2. The molecular formula is C22H25N3O7. The summed E-state index contributed by atoms with van der Waals surface area (Å²) in [7, 11) is 3.17. The van der Waals surface area contributed by atoms with Gasteiger partial charge in [0, 0.05) is 23.6 Å². The number of phenols is 1. The third kappa shape index (κ3) is 2.66. The van der Waals surface area contributed by atoms with Gasteiger partial charge < -0.3 is 31.9 Å². The van der Waals surface area contributed by atoms with E-state index in [0.717, 1.165) is 0 Å². The number of aromatic hydroxyl groups is 1. The summed E-state index contributed by atoms with van der Waals surface area (Å²) >= 11 is 0. The molecular weight excluding hydrogens is 418 g/mol. The van der Waals surface area contributed by atoms with Crippen LogP contribution in [0.25, 0.3) is 0 Å². The predicted molar refractivity (Wildman–Crippen MR) is 112 cm³/mol. The zero-order valence-corrected chi connectivity index (χ0v) is 17.6. The molecule has 0 aliphatic heterocycles. The highest BCUT2D eigenvalue weighted by Crippen LogP contribution is 2.52. The molecule has 4 atom stereocenters. The molecule has 1 aromatic rings. The third-order valence-corrected chi connectivity index (χ3v) is 6.90. The maximum atomic E-state index is 13.4. The Morgan fingerprint density at radius 3 is 2.44 bits per heavy atom. The summed E-state index contributed by atoms with van der Waals surface area (Å²) < 4.78 is 0. The minimum atomic E-state index is -2.63. The van der Waals surface area contributed by atoms with Crippen LogP contribution in [0.1, 0.15) is 27.9 Å². The molecule has 0 fully saturated rings. The Kier molecular flexibility index (Phi) is 4.92. The molecule has 0 radical (unpaired) electrons. The van der Waals surface area contributed by atoms with Crippen molar-refractivity contribution in [3.05, 3.63) is 51.5 Å². The number of phenolic OH excluding ortho intramolecular Hbond substituents is 1. The van der Waals surface area contributed by atoms with E-state index in [2.05, 4.69) is 0 Å². The number of carbonyl (C=O) groups excluding carboxylic acids is 3. The van der Waals surface area contributed by atoms with Gasteiger partial charge in [0.05, 0.1) is 11.6 Å². The minimum Gasteiger partial charge on any atom is -0.510 e. The van der Waals surface area contributed by atoms with E-state index in [1.165, 1.54) is 4.90 Å². The molecule has 10 heteroatoms. The average molecular weight is 443 g/mol. The van der Waals surface area contributed by atoms with Gasteiger partial charge in [0.1, 0.15) is 22.8 Å². The van der Waals surface area contributed by atoms with Crippen LogP contribution in [-0.4, -0.2) is 68.5 Å². The zero-order chi connectivity index (χ0) is 23.7. The number of primary amides is 1. The van der Waals surface area contributed by atoms with Crippen molar-refractivity contribution in [2.24, 2.45) is 23.3 Å². The second kappa shape index (κ2) is 7.16. The number of fused-ring (bicyclic) bond motifs is 3. The molecule has 170 valence electrons. The van der Waals surface area contributed by atoms with E-state index >= 15 is 0 Å². The molecule has 1 aromatic carbocycles. The summed E-state index contributed by atoms with van der Waals surface area (Å²) in [4.78, 5) is 40.0. The Hall–Kier alpha value is -3.21. The molecule has 0 saturated carbocycles. The van der Waals surface area contributed by atoms with E-state index in [9.17, 15) is 34.8 Å². The summed E-state index contributed by atoms with van der Waals surface area (Å²) in [6, 6.07) is 2.30. The van der Waals surface area contributed by atoms with Crippen LogP contribution in [0.15, 0.2) is 34.8 Å². The number of aliphatic hydroxyl groups is 3.